The van der Waals surface area contributed by atoms with Gasteiger partial charge in [-0.25, -0.2) is 14.4 Å². The zero-order valence-corrected chi connectivity index (χ0v) is 21.1. The first-order chi connectivity index (χ1) is 18.5. The molecule has 186 valence electrons. The minimum Gasteiger partial charge on any atom is -0.453 e. The van der Waals surface area contributed by atoms with Crippen LogP contribution in [0.5, 0.6) is 11.5 Å². The molecule has 0 atom stereocenters. The van der Waals surface area contributed by atoms with Crippen LogP contribution in [0.3, 0.4) is 0 Å². The van der Waals surface area contributed by atoms with Crippen molar-refractivity contribution in [3.63, 3.8) is 0 Å². The first-order valence-corrected chi connectivity index (χ1v) is 12.2. The minimum atomic E-state index is -0.682. The van der Waals surface area contributed by atoms with E-state index in [2.05, 4.69) is 36.2 Å². The van der Waals surface area contributed by atoms with Gasteiger partial charge in [0.1, 0.15) is 22.6 Å². The number of pyridine rings is 3. The molecule has 0 spiro atoms. The van der Waals surface area contributed by atoms with E-state index in [1.165, 1.54) is 22.8 Å². The highest BCUT2D eigenvalue weighted by atomic mass is 79.9. The average Bonchev–Trinajstić information content (AvgIpc) is 3.41. The van der Waals surface area contributed by atoms with Crippen LogP contribution in [-0.2, 0) is 0 Å². The molecule has 0 unspecified atom stereocenters. The van der Waals surface area contributed by atoms with Crippen LogP contribution in [0.25, 0.3) is 27.8 Å². The van der Waals surface area contributed by atoms with E-state index in [9.17, 15) is 14.0 Å². The molecule has 0 saturated heterocycles. The zero-order valence-electron chi connectivity index (χ0n) is 19.5. The van der Waals surface area contributed by atoms with Gasteiger partial charge in [-0.15, -0.1) is 0 Å². The van der Waals surface area contributed by atoms with Crippen LogP contribution in [-0.4, -0.2) is 25.4 Å². The second-order valence-corrected chi connectivity index (χ2v) is 9.26. The van der Waals surface area contributed by atoms with Crippen LogP contribution in [0.4, 0.5) is 10.1 Å². The number of aromatic nitrogens is 4. The Morgan fingerprint density at radius 3 is 2.63 bits per heavy atom. The summed E-state index contributed by atoms with van der Waals surface area (Å²) in [5.74, 6) is -0.947. The first kappa shape index (κ1) is 23.6. The molecule has 0 aliphatic rings. The lowest BCUT2D eigenvalue weighted by molar-refractivity contribution is 0.102. The molecule has 8 nitrogen and oxygen atoms in total. The number of nitrogens with one attached hydrogen (secondary N) is 2. The van der Waals surface area contributed by atoms with E-state index in [-0.39, 0.29) is 17.0 Å². The number of anilines is 1. The average molecular weight is 570 g/mol. The maximum absolute atomic E-state index is 14.9. The van der Waals surface area contributed by atoms with Crippen LogP contribution >= 0.6 is 15.9 Å². The second-order valence-electron chi connectivity index (χ2n) is 8.34. The van der Waals surface area contributed by atoms with Gasteiger partial charge in [-0.3, -0.25) is 14.2 Å². The van der Waals surface area contributed by atoms with Gasteiger partial charge in [-0.1, -0.05) is 15.9 Å². The second kappa shape index (κ2) is 9.56. The molecule has 38 heavy (non-hydrogen) atoms. The maximum Gasteiger partial charge on any atom is 0.269 e. The van der Waals surface area contributed by atoms with Gasteiger partial charge in [-0.2, -0.15) is 0 Å². The number of ether oxygens (including phenoxy) is 1. The summed E-state index contributed by atoms with van der Waals surface area (Å²) < 4.78 is 22.9. The molecule has 0 aliphatic carbocycles. The number of aromatic amines is 1. The predicted octanol–water partition coefficient (Wildman–Crippen LogP) is 6.21. The summed E-state index contributed by atoms with van der Waals surface area (Å²) in [5, 5.41) is 3.92. The molecular weight excluding hydrogens is 553 g/mol. The number of benzene rings is 2. The number of carbonyl (C=O) groups is 1. The molecule has 6 aromatic rings. The molecule has 2 N–H and O–H groups in total. The Kier molecular flexibility index (Phi) is 5.93. The number of rotatable bonds is 5. The summed E-state index contributed by atoms with van der Waals surface area (Å²) in [4.78, 5) is 38.2. The van der Waals surface area contributed by atoms with Gasteiger partial charge in [-0.05, 0) is 66.7 Å². The smallest absolute Gasteiger partial charge is 0.269 e. The van der Waals surface area contributed by atoms with Crippen molar-refractivity contribution in [1.29, 1.82) is 0 Å². The number of halogens is 2. The molecule has 0 saturated carbocycles. The predicted molar refractivity (Wildman–Crippen MR) is 146 cm³/mol. The zero-order chi connectivity index (χ0) is 26.2. The molecule has 0 aliphatic heterocycles. The first-order valence-electron chi connectivity index (χ1n) is 11.5. The molecule has 0 bridgehead atoms. The molecule has 0 radical (unpaired) electrons. The third kappa shape index (κ3) is 4.31. The van der Waals surface area contributed by atoms with Gasteiger partial charge < -0.3 is 15.0 Å². The Labute approximate surface area is 222 Å². The molecule has 0 fully saturated rings. The van der Waals surface area contributed by atoms with Gasteiger partial charge in [0.2, 0.25) is 0 Å². The lowest BCUT2D eigenvalue weighted by Gasteiger charge is -2.13. The van der Waals surface area contributed by atoms with Crippen LogP contribution in [0.15, 0.2) is 101 Å². The van der Waals surface area contributed by atoms with Crippen molar-refractivity contribution in [3.8, 4) is 17.2 Å². The number of hydrogen-bond donors (Lipinski definition) is 2. The van der Waals surface area contributed by atoms with Crippen molar-refractivity contribution in [1.82, 2.24) is 19.5 Å². The summed E-state index contributed by atoms with van der Waals surface area (Å²) in [6.45, 7) is 0. The number of carbonyl (C=O) groups excluding carboxylic acids is 1. The Morgan fingerprint density at radius 1 is 0.974 bits per heavy atom. The van der Waals surface area contributed by atoms with Gasteiger partial charge >= 0.3 is 0 Å². The topological polar surface area (TPSA) is 102 Å². The highest BCUT2D eigenvalue weighted by Crippen LogP contribution is 2.31. The third-order valence-electron chi connectivity index (χ3n) is 5.92. The number of fused-ring (bicyclic) bond motifs is 2. The van der Waals surface area contributed by atoms with Crippen LogP contribution in [0, 0.1) is 5.82 Å². The van der Waals surface area contributed by atoms with Crippen LogP contribution in [0.1, 0.15) is 10.4 Å². The SMILES string of the molecule is O=C(Nc1ccc(Oc2ccnc3[nH]ccc23)c(F)c1)c1cc2cccnc2n(-c2ccc(Br)cc2)c1=O. The van der Waals surface area contributed by atoms with Gasteiger partial charge in [0, 0.05) is 40.2 Å². The quantitative estimate of drug-likeness (QED) is 0.257. The standard InChI is InChI=1S/C28H17BrFN5O3/c29-17-3-6-19(7-4-17)35-26-16(2-1-11-33-26)14-21(28(35)37)27(36)34-18-5-8-24(22(30)15-18)38-23-10-13-32-25-20(23)9-12-31-25/h1-15H,(H,31,32)(H,34,36). The summed E-state index contributed by atoms with van der Waals surface area (Å²) in [6, 6.07) is 19.5. The van der Waals surface area contributed by atoms with Crippen molar-refractivity contribution in [2.24, 2.45) is 0 Å². The number of amides is 1. The number of nitrogens with zero attached hydrogens (tertiary/aromatic N) is 3. The Balaban J connectivity index is 1.32. The third-order valence-corrected chi connectivity index (χ3v) is 6.45. The number of H-pyrrole nitrogens is 1. The van der Waals surface area contributed by atoms with E-state index >= 15 is 0 Å². The molecule has 1 amide bonds. The summed E-state index contributed by atoms with van der Waals surface area (Å²) in [7, 11) is 0. The Bertz CT molecular complexity index is 1900. The van der Waals surface area contributed by atoms with Crippen molar-refractivity contribution in [2.75, 3.05) is 5.32 Å². The normalized spacial score (nSPS) is 11.1. The van der Waals surface area contributed by atoms with E-state index in [4.69, 9.17) is 4.74 Å². The fourth-order valence-electron chi connectivity index (χ4n) is 4.14. The lowest BCUT2D eigenvalue weighted by atomic mass is 10.1. The molecule has 4 aromatic heterocycles. The van der Waals surface area contributed by atoms with Crippen molar-refractivity contribution in [3.05, 3.63) is 118 Å². The van der Waals surface area contributed by atoms with Gasteiger partial charge in [0.25, 0.3) is 11.5 Å². The fourth-order valence-corrected chi connectivity index (χ4v) is 4.40. The van der Waals surface area contributed by atoms with Crippen molar-refractivity contribution in [2.45, 2.75) is 0 Å². The highest BCUT2D eigenvalue weighted by molar-refractivity contribution is 9.10. The van der Waals surface area contributed by atoms with E-state index in [1.807, 2.05) is 0 Å². The van der Waals surface area contributed by atoms with Crippen molar-refractivity contribution >= 4 is 49.6 Å². The molecule has 10 heteroatoms. The Morgan fingerprint density at radius 2 is 1.82 bits per heavy atom. The van der Waals surface area contributed by atoms with E-state index in [1.54, 1.807) is 67.1 Å². The highest BCUT2D eigenvalue weighted by Gasteiger charge is 2.19. The largest absolute Gasteiger partial charge is 0.453 e. The Hall–Kier alpha value is -4.83. The van der Waals surface area contributed by atoms with Gasteiger partial charge in [0.15, 0.2) is 11.6 Å². The van der Waals surface area contributed by atoms with Crippen LogP contribution in [0.2, 0.25) is 0 Å². The van der Waals surface area contributed by atoms with E-state index in [0.717, 1.165) is 10.5 Å². The lowest BCUT2D eigenvalue weighted by Crippen LogP contribution is -2.29. The fraction of sp³-hybridized carbons (Fsp3) is 0. The summed E-state index contributed by atoms with van der Waals surface area (Å²) >= 11 is 3.39. The monoisotopic (exact) mass is 569 g/mol. The molecule has 4 heterocycles. The maximum atomic E-state index is 14.9. The van der Waals surface area contributed by atoms with E-state index < -0.39 is 17.3 Å². The van der Waals surface area contributed by atoms with Gasteiger partial charge in [0.05, 0.1) is 11.1 Å². The molecular formula is C28H17BrFN5O3. The number of hydrogen-bond acceptors (Lipinski definition) is 5. The van der Waals surface area contributed by atoms with E-state index in [0.29, 0.717) is 33.5 Å². The summed E-state index contributed by atoms with van der Waals surface area (Å²) in [6.07, 6.45) is 4.85. The minimum absolute atomic E-state index is 0.0222. The molecule has 2 aromatic carbocycles. The molecule has 6 rings (SSSR count). The van der Waals surface area contributed by atoms with Crippen molar-refractivity contribution < 1.29 is 13.9 Å². The van der Waals surface area contributed by atoms with Crippen LogP contribution < -0.4 is 15.6 Å². The summed E-state index contributed by atoms with van der Waals surface area (Å²) in [5.41, 5.74) is 1.09.